The Morgan fingerprint density at radius 2 is 1.72 bits per heavy atom. The van der Waals surface area contributed by atoms with Crippen molar-refractivity contribution in [3.8, 4) is 11.3 Å². The van der Waals surface area contributed by atoms with Gasteiger partial charge in [-0.25, -0.2) is 4.68 Å². The normalized spacial score (nSPS) is 11.7. The van der Waals surface area contributed by atoms with Crippen LogP contribution < -0.4 is 5.56 Å². The van der Waals surface area contributed by atoms with Crippen LogP contribution in [0.15, 0.2) is 102 Å². The van der Waals surface area contributed by atoms with Crippen LogP contribution in [-0.2, 0) is 11.3 Å². The zero-order valence-electron chi connectivity index (χ0n) is 25.8. The molecule has 0 aliphatic heterocycles. The Labute approximate surface area is 261 Å². The Hall–Kier alpha value is -3.99. The molecule has 3 rings (SSSR count). The molecule has 1 atom stereocenters. The van der Waals surface area contributed by atoms with Crippen LogP contribution in [0.5, 0.6) is 0 Å². The minimum atomic E-state index is -0.148. The fourth-order valence-electron chi connectivity index (χ4n) is 4.19. The second-order valence-electron chi connectivity index (χ2n) is 10.1. The van der Waals surface area contributed by atoms with E-state index in [1.807, 2.05) is 76.2 Å². The highest BCUT2D eigenvalue weighted by atomic mass is 16.5. The average molecular weight is 586 g/mol. The van der Waals surface area contributed by atoms with Crippen molar-refractivity contribution < 1.29 is 4.74 Å². The fraction of sp³-hybridized carbons (Fsp3) is 0.395. The highest BCUT2D eigenvalue weighted by molar-refractivity contribution is 5.99. The summed E-state index contributed by atoms with van der Waals surface area (Å²) in [4.78, 5) is 17.2. The van der Waals surface area contributed by atoms with Gasteiger partial charge in [0.1, 0.15) is 5.76 Å². The maximum Gasteiger partial charge on any atom is 0.267 e. The maximum absolute atomic E-state index is 12.6. The van der Waals surface area contributed by atoms with E-state index in [0.29, 0.717) is 24.8 Å². The van der Waals surface area contributed by atoms with Gasteiger partial charge in [0.15, 0.2) is 0 Å². The first kappa shape index (κ1) is 39.0. The van der Waals surface area contributed by atoms with Crippen molar-refractivity contribution in [2.24, 2.45) is 10.9 Å². The van der Waals surface area contributed by atoms with Crippen LogP contribution in [0.1, 0.15) is 98.8 Å². The molecule has 0 aliphatic carbocycles. The number of unbranched alkanes of at least 4 members (excludes halogenated alkanes) is 1. The summed E-state index contributed by atoms with van der Waals surface area (Å²) in [7, 11) is 0. The number of rotatable bonds is 14. The lowest BCUT2D eigenvalue weighted by Crippen LogP contribution is -2.23. The van der Waals surface area contributed by atoms with Gasteiger partial charge in [-0.2, -0.15) is 5.10 Å². The van der Waals surface area contributed by atoms with E-state index in [4.69, 9.17) is 4.74 Å². The summed E-state index contributed by atoms with van der Waals surface area (Å²) in [6.07, 6.45) is 8.15. The molecular formula is C38H55N3O2. The van der Waals surface area contributed by atoms with Crippen molar-refractivity contribution in [3.05, 3.63) is 119 Å². The van der Waals surface area contributed by atoms with Crippen molar-refractivity contribution in [2.45, 2.75) is 88.6 Å². The summed E-state index contributed by atoms with van der Waals surface area (Å²) in [6.45, 7) is 21.3. The lowest BCUT2D eigenvalue weighted by molar-refractivity contribution is 0.200. The molecule has 0 saturated carbocycles. The summed E-state index contributed by atoms with van der Waals surface area (Å²) < 4.78 is 7.40. The number of hydrogen-bond acceptors (Lipinski definition) is 4. The van der Waals surface area contributed by atoms with Gasteiger partial charge in [0.25, 0.3) is 5.56 Å². The van der Waals surface area contributed by atoms with Crippen molar-refractivity contribution >= 4 is 11.3 Å². The molecule has 0 N–H and O–H groups in total. The van der Waals surface area contributed by atoms with E-state index in [-0.39, 0.29) is 20.4 Å². The Bertz CT molecular complexity index is 1400. The summed E-state index contributed by atoms with van der Waals surface area (Å²) in [5, 5.41) is 4.65. The van der Waals surface area contributed by atoms with E-state index in [9.17, 15) is 4.79 Å². The third kappa shape index (κ3) is 12.8. The zero-order valence-corrected chi connectivity index (χ0v) is 25.8. The van der Waals surface area contributed by atoms with Gasteiger partial charge >= 0.3 is 0 Å². The van der Waals surface area contributed by atoms with Crippen LogP contribution in [0.2, 0.25) is 0 Å². The average Bonchev–Trinajstić information content (AvgIpc) is 3.00. The second kappa shape index (κ2) is 20.8. The molecule has 5 heteroatoms. The minimum Gasteiger partial charge on any atom is -0.492 e. The molecule has 0 bridgehead atoms. The third-order valence-corrected chi connectivity index (χ3v) is 6.71. The number of nitrogens with zero attached hydrogens (tertiary/aromatic N) is 3. The molecule has 1 unspecified atom stereocenters. The first-order valence-corrected chi connectivity index (χ1v) is 14.7. The monoisotopic (exact) mass is 585 g/mol. The van der Waals surface area contributed by atoms with Crippen LogP contribution in [0, 0.1) is 5.92 Å². The first-order valence-electron chi connectivity index (χ1n) is 14.7. The quantitative estimate of drug-likeness (QED) is 0.107. The molecule has 0 amide bonds. The molecule has 0 fully saturated rings. The van der Waals surface area contributed by atoms with Crippen LogP contribution in [0.4, 0.5) is 0 Å². The van der Waals surface area contributed by atoms with Gasteiger partial charge in [-0.3, -0.25) is 9.79 Å². The van der Waals surface area contributed by atoms with Gasteiger partial charge in [-0.05, 0) is 67.2 Å². The van der Waals surface area contributed by atoms with E-state index in [2.05, 4.69) is 37.1 Å². The van der Waals surface area contributed by atoms with E-state index < -0.39 is 0 Å². The molecule has 1 aromatic heterocycles. The van der Waals surface area contributed by atoms with E-state index >= 15 is 0 Å². The number of hydrogen-bond donors (Lipinski definition) is 0. The van der Waals surface area contributed by atoms with Gasteiger partial charge in [0.2, 0.25) is 0 Å². The van der Waals surface area contributed by atoms with Crippen LogP contribution in [0.3, 0.4) is 0 Å². The molecule has 0 spiro atoms. The van der Waals surface area contributed by atoms with E-state index in [0.717, 1.165) is 45.7 Å². The maximum atomic E-state index is 12.6. The number of aromatic nitrogens is 2. The van der Waals surface area contributed by atoms with Gasteiger partial charge in [-0.1, -0.05) is 117 Å². The predicted molar refractivity (Wildman–Crippen MR) is 189 cm³/mol. The van der Waals surface area contributed by atoms with E-state index in [1.54, 1.807) is 24.4 Å². The van der Waals surface area contributed by atoms with Crippen LogP contribution in [-0.4, -0.2) is 22.1 Å². The summed E-state index contributed by atoms with van der Waals surface area (Å²) >= 11 is 0. The Balaban J connectivity index is 0.00000432. The third-order valence-electron chi connectivity index (χ3n) is 6.71. The van der Waals surface area contributed by atoms with Gasteiger partial charge < -0.3 is 4.74 Å². The molecule has 234 valence electrons. The lowest BCUT2D eigenvalue weighted by atomic mass is 10.0. The largest absolute Gasteiger partial charge is 0.492 e. The molecular weight excluding hydrogens is 530 g/mol. The molecule has 0 radical (unpaired) electrons. The summed E-state index contributed by atoms with van der Waals surface area (Å²) in [5.41, 5.74) is 6.37. The molecule has 43 heavy (non-hydrogen) atoms. The summed E-state index contributed by atoms with van der Waals surface area (Å²) in [5.74, 6) is 1.31. The highest BCUT2D eigenvalue weighted by Gasteiger charge is 2.07. The van der Waals surface area contributed by atoms with Crippen LogP contribution >= 0.6 is 0 Å². The minimum absolute atomic E-state index is 0. The topological polar surface area (TPSA) is 56.5 Å². The number of benzene rings is 2. The molecule has 5 nitrogen and oxygen atoms in total. The Kier molecular flexibility index (Phi) is 18.9. The zero-order chi connectivity index (χ0) is 30.2. The number of allylic oxidation sites excluding steroid dienone is 2. The van der Waals surface area contributed by atoms with Gasteiger partial charge in [0.05, 0.1) is 25.0 Å². The van der Waals surface area contributed by atoms with E-state index in [1.165, 1.54) is 23.9 Å². The Morgan fingerprint density at radius 1 is 1.02 bits per heavy atom. The SMILES string of the molecule is C.C.C=C/C(=C\N=C(C)c1cccc(Cn2nc(-c3cccc(C(=C)C)c3)ccc2=O)c1)OCCC(C)CCCC.CC. The van der Waals surface area contributed by atoms with Crippen molar-refractivity contribution in [3.63, 3.8) is 0 Å². The van der Waals surface area contributed by atoms with Crippen molar-refractivity contribution in [1.29, 1.82) is 0 Å². The fourth-order valence-corrected chi connectivity index (χ4v) is 4.19. The molecule has 0 saturated heterocycles. The highest BCUT2D eigenvalue weighted by Crippen LogP contribution is 2.21. The van der Waals surface area contributed by atoms with Crippen LogP contribution in [0.25, 0.3) is 16.8 Å². The number of ether oxygens (including phenoxy) is 1. The lowest BCUT2D eigenvalue weighted by Gasteiger charge is -2.12. The van der Waals surface area contributed by atoms with Crippen molar-refractivity contribution in [1.82, 2.24) is 9.78 Å². The molecule has 0 aliphatic rings. The van der Waals surface area contributed by atoms with Gasteiger partial charge in [-0.15, -0.1) is 0 Å². The smallest absolute Gasteiger partial charge is 0.267 e. The van der Waals surface area contributed by atoms with Gasteiger partial charge in [0, 0.05) is 17.3 Å². The second-order valence-corrected chi connectivity index (χ2v) is 10.1. The molecule has 1 heterocycles. The number of aliphatic imine (C=N–C) groups is 1. The first-order chi connectivity index (χ1) is 19.8. The predicted octanol–water partition coefficient (Wildman–Crippen LogP) is 10.4. The summed E-state index contributed by atoms with van der Waals surface area (Å²) in [6, 6.07) is 19.4. The van der Waals surface area contributed by atoms with Crippen molar-refractivity contribution in [2.75, 3.05) is 6.61 Å². The standard InChI is InChI=1S/C34H41N3O2.C2H6.2CH4/c1-7-9-12-26(5)19-20-39-32(8-2)23-35-27(6)30-15-10-13-28(21-30)24-37-34(38)18-17-33(36-37)31-16-11-14-29(22-31)25(3)4;1-2;;/h8,10-11,13-18,21-23,26H,2-3,7,9,12,19-20,24H2,1,4-6H3;1-2H3;2*1H4/b32-23+,35-27?;;;. The Morgan fingerprint density at radius 3 is 2.40 bits per heavy atom. The molecule has 2 aromatic carbocycles. The molecule has 3 aromatic rings.